The van der Waals surface area contributed by atoms with E-state index in [1.165, 1.54) is 7.11 Å². The van der Waals surface area contributed by atoms with E-state index in [9.17, 15) is 4.79 Å². The van der Waals surface area contributed by atoms with Crippen LogP contribution in [0.15, 0.2) is 0 Å². The topological polar surface area (TPSA) is 26.3 Å². The van der Waals surface area contributed by atoms with Crippen molar-refractivity contribution in [2.45, 2.75) is 0 Å². The Hall–Kier alpha value is 0.380. The van der Waals surface area contributed by atoms with Gasteiger partial charge in [-0.15, -0.1) is 0 Å². The summed E-state index contributed by atoms with van der Waals surface area (Å²) in [5, 5.41) is -1.86. The van der Waals surface area contributed by atoms with Crippen molar-refractivity contribution in [2.75, 3.05) is 33.3 Å². The van der Waals surface area contributed by atoms with Crippen molar-refractivity contribution in [1.29, 1.82) is 0 Å². The fraction of sp³-hybridized carbons (Fsp3) is 0.833. The Balaban J connectivity index is 4.03. The molecule has 0 aliphatic rings. The van der Waals surface area contributed by atoms with Gasteiger partial charge in [-0.2, -0.15) is 0 Å². The molecule has 0 bridgehead atoms. The quantitative estimate of drug-likeness (QED) is 0.534. The summed E-state index contributed by atoms with van der Waals surface area (Å²) in [6, 6.07) is 0. The second kappa shape index (κ2) is 2.78. The maximum atomic E-state index is 10.8. The van der Waals surface area contributed by atoms with E-state index in [0.717, 1.165) is 0 Å². The van der Waals surface area contributed by atoms with Crippen LogP contribution in [0.1, 0.15) is 0 Å². The molecule has 0 N–H and O–H groups in total. The second-order valence-electron chi connectivity index (χ2n) is 3.65. The first kappa shape index (κ1) is 10.4. The number of ether oxygens (including phenoxy) is 1. The zero-order valence-corrected chi connectivity index (χ0v) is 9.33. The second-order valence-corrected chi connectivity index (χ2v) is 17.7. The van der Waals surface area contributed by atoms with Gasteiger partial charge in [0.1, 0.15) is 0 Å². The van der Waals surface area contributed by atoms with Crippen LogP contribution >= 0.6 is 20.8 Å². The maximum absolute atomic E-state index is 10.8. The summed E-state index contributed by atoms with van der Waals surface area (Å²) in [5.41, 5.74) is 0. The third kappa shape index (κ3) is 6.50. The van der Waals surface area contributed by atoms with Crippen molar-refractivity contribution in [1.82, 2.24) is 0 Å². The van der Waals surface area contributed by atoms with E-state index in [1.807, 2.05) is 0 Å². The molecule has 0 rings (SSSR count). The number of esters is 1. The van der Waals surface area contributed by atoms with Crippen molar-refractivity contribution in [3.63, 3.8) is 0 Å². The summed E-state index contributed by atoms with van der Waals surface area (Å²) in [7, 11) is 1.41. The number of rotatable bonds is 2. The van der Waals surface area contributed by atoms with E-state index in [-0.39, 0.29) is 5.97 Å². The standard InChI is InChI=1S/C6H14BrO2P/c1-9-6(8)5-10(2,3,4)7/h5H2,1-4H3. The van der Waals surface area contributed by atoms with E-state index in [4.69, 9.17) is 0 Å². The van der Waals surface area contributed by atoms with E-state index < -0.39 is 5.31 Å². The summed E-state index contributed by atoms with van der Waals surface area (Å²) >= 11 is 3.55. The Bertz CT molecular complexity index is 138. The van der Waals surface area contributed by atoms with Gasteiger partial charge < -0.3 is 0 Å². The van der Waals surface area contributed by atoms with E-state index in [1.54, 1.807) is 0 Å². The number of methoxy groups -OCH3 is 1. The average molecular weight is 229 g/mol. The molecular formula is C6H14BrO2P. The molecule has 0 spiro atoms. The van der Waals surface area contributed by atoms with Crippen LogP contribution in [0, 0.1) is 0 Å². The molecule has 0 aliphatic carbocycles. The predicted molar refractivity (Wildman–Crippen MR) is 50.5 cm³/mol. The Labute approximate surface area is 70.0 Å². The van der Waals surface area contributed by atoms with Crippen LogP contribution in [0.5, 0.6) is 0 Å². The van der Waals surface area contributed by atoms with E-state index >= 15 is 0 Å². The number of halogens is 1. The third-order valence-electron chi connectivity index (χ3n) is 0.891. The van der Waals surface area contributed by atoms with Gasteiger partial charge >= 0.3 is 69.6 Å². The van der Waals surface area contributed by atoms with Crippen molar-refractivity contribution in [3.8, 4) is 0 Å². The monoisotopic (exact) mass is 228 g/mol. The molecule has 62 valence electrons. The van der Waals surface area contributed by atoms with Crippen LogP contribution in [0.4, 0.5) is 0 Å². The van der Waals surface area contributed by atoms with Crippen molar-refractivity contribution >= 4 is 26.8 Å². The van der Waals surface area contributed by atoms with Gasteiger partial charge in [-0.05, 0) is 0 Å². The van der Waals surface area contributed by atoms with E-state index in [2.05, 4.69) is 40.2 Å². The number of carbonyl (C=O) groups is 1. The van der Waals surface area contributed by atoms with Gasteiger partial charge in [0, 0.05) is 0 Å². The molecule has 4 heteroatoms. The Morgan fingerprint density at radius 2 is 1.90 bits per heavy atom. The molecule has 0 aromatic rings. The fourth-order valence-corrected chi connectivity index (χ4v) is 2.12. The van der Waals surface area contributed by atoms with Crippen molar-refractivity contribution < 1.29 is 9.53 Å². The molecule has 0 atom stereocenters. The van der Waals surface area contributed by atoms with Gasteiger partial charge in [-0.1, -0.05) is 0 Å². The Kier molecular flexibility index (Phi) is 2.89. The summed E-state index contributed by atoms with van der Waals surface area (Å²) in [6.07, 6.45) is 0.502. The van der Waals surface area contributed by atoms with Gasteiger partial charge in [-0.3, -0.25) is 0 Å². The Morgan fingerprint density at radius 3 is 2.00 bits per heavy atom. The summed E-state index contributed by atoms with van der Waals surface area (Å²) in [6.45, 7) is 6.22. The molecule has 0 aromatic heterocycles. The molecule has 0 radical (unpaired) electrons. The Morgan fingerprint density at radius 1 is 1.50 bits per heavy atom. The van der Waals surface area contributed by atoms with Gasteiger partial charge in [0.05, 0.1) is 0 Å². The SMILES string of the molecule is COC(=O)CP(C)(C)(C)Br. The summed E-state index contributed by atoms with van der Waals surface area (Å²) in [5.74, 6) is -0.137. The van der Waals surface area contributed by atoms with Crippen LogP contribution in [0.3, 0.4) is 0 Å². The van der Waals surface area contributed by atoms with Crippen molar-refractivity contribution in [3.05, 3.63) is 0 Å². The first-order valence-corrected chi connectivity index (χ1v) is 8.78. The van der Waals surface area contributed by atoms with Crippen molar-refractivity contribution in [2.24, 2.45) is 0 Å². The van der Waals surface area contributed by atoms with Crippen LogP contribution in [0.25, 0.3) is 0 Å². The normalized spacial score (nSPS) is 15.5. The molecule has 0 saturated carbocycles. The molecule has 0 unspecified atom stereocenters. The van der Waals surface area contributed by atoms with Gasteiger partial charge in [-0.25, -0.2) is 0 Å². The first-order chi connectivity index (χ1) is 4.21. The minimum absolute atomic E-state index is 0.137. The molecule has 0 aromatic carbocycles. The average Bonchev–Trinajstić information content (AvgIpc) is 1.59. The molecular weight excluding hydrogens is 215 g/mol. The molecule has 0 aliphatic heterocycles. The zero-order valence-electron chi connectivity index (χ0n) is 6.85. The van der Waals surface area contributed by atoms with Crippen LogP contribution in [-0.2, 0) is 9.53 Å². The predicted octanol–water partition coefficient (Wildman–Crippen LogP) is 1.91. The number of hydrogen-bond donors (Lipinski definition) is 0. The van der Waals surface area contributed by atoms with Crippen LogP contribution in [0.2, 0.25) is 0 Å². The van der Waals surface area contributed by atoms with Gasteiger partial charge in [0.2, 0.25) is 0 Å². The van der Waals surface area contributed by atoms with Gasteiger partial charge in [0.15, 0.2) is 0 Å². The number of carbonyl (C=O) groups excluding carboxylic acids is 1. The fourth-order valence-electron chi connectivity index (χ4n) is 0.501. The molecule has 0 amide bonds. The molecule has 10 heavy (non-hydrogen) atoms. The zero-order chi connectivity index (χ0) is 8.44. The molecule has 0 saturated heterocycles. The minimum atomic E-state index is -1.86. The molecule has 0 fully saturated rings. The summed E-state index contributed by atoms with van der Waals surface area (Å²) < 4.78 is 4.56. The molecule has 2 nitrogen and oxygen atoms in total. The number of hydrogen-bond acceptors (Lipinski definition) is 2. The molecule has 0 heterocycles. The van der Waals surface area contributed by atoms with Crippen LogP contribution < -0.4 is 0 Å². The first-order valence-electron chi connectivity index (χ1n) is 3.00. The van der Waals surface area contributed by atoms with Gasteiger partial charge in [0.25, 0.3) is 0 Å². The van der Waals surface area contributed by atoms with Crippen LogP contribution in [-0.4, -0.2) is 39.2 Å². The van der Waals surface area contributed by atoms with E-state index in [0.29, 0.717) is 6.16 Å². The third-order valence-corrected chi connectivity index (χ3v) is 2.97. The summed E-state index contributed by atoms with van der Waals surface area (Å²) in [4.78, 5) is 10.8.